The van der Waals surface area contributed by atoms with Crippen LogP contribution in [-0.4, -0.2) is 39.4 Å². The van der Waals surface area contributed by atoms with E-state index in [0.717, 1.165) is 29.9 Å². The van der Waals surface area contributed by atoms with Crippen LogP contribution in [0, 0.1) is 13.8 Å². The van der Waals surface area contributed by atoms with E-state index >= 15 is 0 Å². The van der Waals surface area contributed by atoms with Crippen LogP contribution in [0.3, 0.4) is 0 Å². The van der Waals surface area contributed by atoms with E-state index < -0.39 is 0 Å². The maximum Gasteiger partial charge on any atom is 0.263 e. The van der Waals surface area contributed by atoms with E-state index in [1.54, 1.807) is 23.8 Å². The molecule has 0 amide bonds. The number of allylic oxidation sites excluding steroid dienone is 1. The Labute approximate surface area is 178 Å². The van der Waals surface area contributed by atoms with Gasteiger partial charge in [0.1, 0.15) is 4.83 Å². The maximum absolute atomic E-state index is 12.9. The van der Waals surface area contributed by atoms with Crippen molar-refractivity contribution < 1.29 is 9.53 Å². The van der Waals surface area contributed by atoms with Gasteiger partial charge in [-0.25, -0.2) is 4.98 Å². The quantitative estimate of drug-likeness (QED) is 0.159. The molecule has 0 unspecified atom stereocenters. The van der Waals surface area contributed by atoms with Gasteiger partial charge in [-0.3, -0.25) is 14.2 Å². The molecule has 0 atom stereocenters. The third-order valence-electron chi connectivity index (χ3n) is 4.80. The molecule has 3 aromatic rings. The highest BCUT2D eigenvalue weighted by molar-refractivity contribution is 7.99. The van der Waals surface area contributed by atoms with Crippen LogP contribution in [0.4, 0.5) is 0 Å². The van der Waals surface area contributed by atoms with E-state index in [-0.39, 0.29) is 17.1 Å². The number of thioether (sulfide) groups is 1. The van der Waals surface area contributed by atoms with E-state index in [1.165, 1.54) is 23.1 Å². The number of aryl methyl sites for hydroxylation is 1. The Morgan fingerprint density at radius 2 is 2.17 bits per heavy atom. The van der Waals surface area contributed by atoms with Crippen LogP contribution in [0.5, 0.6) is 0 Å². The lowest BCUT2D eigenvalue weighted by atomic mass is 10.2. The molecule has 3 heterocycles. The Kier molecular flexibility index (Phi) is 7.10. The van der Waals surface area contributed by atoms with Crippen LogP contribution in [0.2, 0.25) is 0 Å². The lowest BCUT2D eigenvalue weighted by Crippen LogP contribution is -2.22. The molecule has 0 spiro atoms. The van der Waals surface area contributed by atoms with Crippen LogP contribution >= 0.6 is 23.1 Å². The normalized spacial score (nSPS) is 11.3. The average Bonchev–Trinajstić information content (AvgIpc) is 3.28. The Bertz CT molecular complexity index is 1090. The lowest BCUT2D eigenvalue weighted by molar-refractivity contribution is 0.102. The molecule has 0 radical (unpaired) electrons. The highest BCUT2D eigenvalue weighted by Crippen LogP contribution is 2.24. The van der Waals surface area contributed by atoms with Gasteiger partial charge in [0.05, 0.1) is 11.1 Å². The van der Waals surface area contributed by atoms with Gasteiger partial charge < -0.3 is 9.30 Å². The number of carbonyl (C=O) groups excluding carboxylic acids is 1. The maximum atomic E-state index is 12.9. The zero-order chi connectivity index (χ0) is 21.0. The number of rotatable bonds is 10. The van der Waals surface area contributed by atoms with Gasteiger partial charge in [0.15, 0.2) is 10.9 Å². The number of ketones is 1. The first-order chi connectivity index (χ1) is 14.0. The monoisotopic (exact) mass is 431 g/mol. The molecule has 3 aromatic heterocycles. The molecule has 0 saturated carbocycles. The summed E-state index contributed by atoms with van der Waals surface area (Å²) in [5, 5.41) is 3.01. The average molecular weight is 432 g/mol. The van der Waals surface area contributed by atoms with Crippen molar-refractivity contribution in [2.24, 2.45) is 0 Å². The number of hydrogen-bond donors (Lipinski definition) is 0. The van der Waals surface area contributed by atoms with Crippen molar-refractivity contribution in [2.45, 2.75) is 38.5 Å². The first-order valence-corrected chi connectivity index (χ1v) is 11.2. The SMILES string of the molecule is C=CCn1c(SCC(=O)c2cc(C)n(CCCOC)c2C)nc2sccc2c1=O. The third-order valence-corrected chi connectivity index (χ3v) is 6.58. The summed E-state index contributed by atoms with van der Waals surface area (Å²) >= 11 is 2.73. The fourth-order valence-corrected chi connectivity index (χ4v) is 5.03. The summed E-state index contributed by atoms with van der Waals surface area (Å²) in [5.41, 5.74) is 2.66. The van der Waals surface area contributed by atoms with Crippen molar-refractivity contribution in [3.8, 4) is 0 Å². The van der Waals surface area contributed by atoms with Crippen molar-refractivity contribution in [2.75, 3.05) is 19.5 Å². The number of methoxy groups -OCH3 is 1. The molecular weight excluding hydrogens is 406 g/mol. The number of ether oxygens (including phenoxy) is 1. The first-order valence-electron chi connectivity index (χ1n) is 9.38. The molecule has 154 valence electrons. The van der Waals surface area contributed by atoms with Crippen LogP contribution in [-0.2, 0) is 17.8 Å². The van der Waals surface area contributed by atoms with E-state index in [1.807, 2.05) is 25.3 Å². The Morgan fingerprint density at radius 1 is 1.38 bits per heavy atom. The second kappa shape index (κ2) is 9.56. The molecule has 3 rings (SSSR count). The summed E-state index contributed by atoms with van der Waals surface area (Å²) < 4.78 is 8.86. The van der Waals surface area contributed by atoms with Crippen molar-refractivity contribution in [1.82, 2.24) is 14.1 Å². The second-order valence-electron chi connectivity index (χ2n) is 6.73. The minimum Gasteiger partial charge on any atom is -0.385 e. The smallest absolute Gasteiger partial charge is 0.263 e. The summed E-state index contributed by atoms with van der Waals surface area (Å²) in [4.78, 5) is 30.9. The van der Waals surface area contributed by atoms with Gasteiger partial charge in [0.2, 0.25) is 0 Å². The number of fused-ring (bicyclic) bond motifs is 1. The summed E-state index contributed by atoms with van der Waals surface area (Å²) in [5.74, 6) is 0.259. The van der Waals surface area contributed by atoms with Gasteiger partial charge in [-0.2, -0.15) is 0 Å². The molecule has 0 aliphatic heterocycles. The summed E-state index contributed by atoms with van der Waals surface area (Å²) in [6.07, 6.45) is 2.56. The minimum atomic E-state index is -0.0950. The van der Waals surface area contributed by atoms with Crippen LogP contribution in [0.25, 0.3) is 10.2 Å². The van der Waals surface area contributed by atoms with Gasteiger partial charge in [0, 0.05) is 43.8 Å². The second-order valence-corrected chi connectivity index (χ2v) is 8.57. The van der Waals surface area contributed by atoms with E-state index in [4.69, 9.17) is 4.74 Å². The fourth-order valence-electron chi connectivity index (χ4n) is 3.33. The summed E-state index contributed by atoms with van der Waals surface area (Å²) in [7, 11) is 1.69. The highest BCUT2D eigenvalue weighted by Gasteiger charge is 2.18. The van der Waals surface area contributed by atoms with Gasteiger partial charge in [-0.1, -0.05) is 17.8 Å². The number of hydrogen-bond acceptors (Lipinski definition) is 6. The molecule has 0 aromatic carbocycles. The number of thiophene rings is 1. The topological polar surface area (TPSA) is 66.1 Å². The number of nitrogens with zero attached hydrogens (tertiary/aromatic N) is 3. The Morgan fingerprint density at radius 3 is 2.90 bits per heavy atom. The number of carbonyl (C=O) groups is 1. The predicted octanol–water partition coefficient (Wildman–Crippen LogP) is 4.07. The first kappa shape index (κ1) is 21.5. The summed E-state index contributed by atoms with van der Waals surface area (Å²) in [6.45, 7) is 9.59. The molecule has 0 aliphatic rings. The predicted molar refractivity (Wildman–Crippen MR) is 120 cm³/mol. The number of aromatic nitrogens is 3. The molecule has 0 saturated heterocycles. The molecule has 29 heavy (non-hydrogen) atoms. The number of Topliss-reactive ketones (excluding diaryl/α,β-unsaturated/α-hetero) is 1. The fraction of sp³-hybridized carbons (Fsp3) is 0.381. The van der Waals surface area contributed by atoms with Gasteiger partial charge in [-0.05, 0) is 37.8 Å². The van der Waals surface area contributed by atoms with Crippen molar-refractivity contribution >= 4 is 39.1 Å². The third kappa shape index (κ3) is 4.55. The van der Waals surface area contributed by atoms with E-state index in [0.29, 0.717) is 28.5 Å². The lowest BCUT2D eigenvalue weighted by Gasteiger charge is -2.10. The molecular formula is C21H25N3O3S2. The molecule has 0 fully saturated rings. The molecule has 8 heteroatoms. The van der Waals surface area contributed by atoms with Crippen molar-refractivity contribution in [3.63, 3.8) is 0 Å². The van der Waals surface area contributed by atoms with Crippen molar-refractivity contribution in [1.29, 1.82) is 0 Å². The molecule has 6 nitrogen and oxygen atoms in total. The zero-order valence-electron chi connectivity index (χ0n) is 16.9. The van der Waals surface area contributed by atoms with Crippen LogP contribution in [0.1, 0.15) is 28.2 Å². The molecule has 0 bridgehead atoms. The minimum absolute atomic E-state index is 0.0340. The summed E-state index contributed by atoms with van der Waals surface area (Å²) in [6, 6.07) is 3.73. The zero-order valence-corrected chi connectivity index (χ0v) is 18.6. The van der Waals surface area contributed by atoms with Crippen molar-refractivity contribution in [3.05, 3.63) is 57.5 Å². The molecule has 0 N–H and O–H groups in total. The Hall–Kier alpha value is -2.16. The van der Waals surface area contributed by atoms with Gasteiger partial charge in [-0.15, -0.1) is 17.9 Å². The van der Waals surface area contributed by atoms with E-state index in [9.17, 15) is 9.59 Å². The standard InChI is InChI=1S/C21H25N3O3S2/c1-5-8-24-20(26)16-7-11-28-19(16)22-21(24)29-13-18(25)17-12-14(2)23(15(17)3)9-6-10-27-4/h5,7,11-12H,1,6,8-10,13H2,2-4H3. The highest BCUT2D eigenvalue weighted by atomic mass is 32.2. The Balaban J connectivity index is 1.81. The van der Waals surface area contributed by atoms with Crippen LogP contribution in [0.15, 0.2) is 40.1 Å². The van der Waals surface area contributed by atoms with Crippen LogP contribution < -0.4 is 5.56 Å². The van der Waals surface area contributed by atoms with Gasteiger partial charge >= 0.3 is 0 Å². The van der Waals surface area contributed by atoms with Gasteiger partial charge in [0.25, 0.3) is 5.56 Å². The molecule has 0 aliphatic carbocycles. The largest absolute Gasteiger partial charge is 0.385 e. The van der Waals surface area contributed by atoms with E-state index in [2.05, 4.69) is 16.1 Å².